The second-order valence-corrected chi connectivity index (χ2v) is 3.59. The molecule has 0 bridgehead atoms. The number of Topliss-reactive ketones (excluding diaryl/α,β-unsaturated/α-hetero) is 2. The van der Waals surface area contributed by atoms with Crippen LogP contribution in [0.4, 0.5) is 0 Å². The van der Waals surface area contributed by atoms with Crippen LogP contribution in [0.2, 0.25) is 0 Å². The van der Waals surface area contributed by atoms with E-state index in [0.717, 1.165) is 0 Å². The predicted octanol–water partition coefficient (Wildman–Crippen LogP) is 0.734. The smallest absolute Gasteiger partial charge is 0.316 e. The molecule has 78 valence electrons. The van der Waals surface area contributed by atoms with Crippen LogP contribution in [0.15, 0.2) is 0 Å². The molecule has 0 spiro atoms. The molecular weight excluding hydrogens is 184 g/mol. The summed E-state index contributed by atoms with van der Waals surface area (Å²) in [6, 6.07) is 0. The van der Waals surface area contributed by atoms with Crippen molar-refractivity contribution in [2.24, 2.45) is 11.8 Å². The average molecular weight is 198 g/mol. The van der Waals surface area contributed by atoms with Crippen LogP contribution >= 0.6 is 0 Å². The molecule has 4 nitrogen and oxygen atoms in total. The Kier molecular flexibility index (Phi) is 3.38. The lowest BCUT2D eigenvalue weighted by Crippen LogP contribution is -2.38. The maximum atomic E-state index is 11.4. The second kappa shape index (κ2) is 4.35. The first kappa shape index (κ1) is 10.9. The standard InChI is InChI=1S/C10H14O4/c1-3-14-10(13)9-6(2)4-7(11)5-8(9)12/h6,9H,3-5H2,1-2H3. The summed E-state index contributed by atoms with van der Waals surface area (Å²) < 4.78 is 4.79. The van der Waals surface area contributed by atoms with Gasteiger partial charge in [-0.15, -0.1) is 0 Å². The molecule has 1 fully saturated rings. The summed E-state index contributed by atoms with van der Waals surface area (Å²) in [5, 5.41) is 0. The van der Waals surface area contributed by atoms with E-state index in [0.29, 0.717) is 6.42 Å². The molecule has 1 saturated carbocycles. The van der Waals surface area contributed by atoms with Crippen LogP contribution in [0, 0.1) is 11.8 Å². The summed E-state index contributed by atoms with van der Waals surface area (Å²) in [4.78, 5) is 33.8. The summed E-state index contributed by atoms with van der Waals surface area (Å²) in [6.07, 6.45) is 0.184. The summed E-state index contributed by atoms with van der Waals surface area (Å²) >= 11 is 0. The van der Waals surface area contributed by atoms with Gasteiger partial charge in [-0.1, -0.05) is 6.92 Å². The predicted molar refractivity (Wildman–Crippen MR) is 48.5 cm³/mol. The fourth-order valence-corrected chi connectivity index (χ4v) is 1.77. The van der Waals surface area contributed by atoms with Crippen LogP contribution in [0.1, 0.15) is 26.7 Å². The zero-order chi connectivity index (χ0) is 10.7. The molecule has 0 radical (unpaired) electrons. The number of rotatable bonds is 2. The van der Waals surface area contributed by atoms with E-state index in [1.165, 1.54) is 0 Å². The SMILES string of the molecule is CCOC(=O)C1C(=O)CC(=O)CC1C. The Labute approximate surface area is 82.6 Å². The van der Waals surface area contributed by atoms with Gasteiger partial charge in [0, 0.05) is 6.42 Å². The lowest BCUT2D eigenvalue weighted by Gasteiger charge is -2.24. The molecule has 0 saturated heterocycles. The molecule has 2 unspecified atom stereocenters. The van der Waals surface area contributed by atoms with E-state index in [-0.39, 0.29) is 30.5 Å². The van der Waals surface area contributed by atoms with Crippen molar-refractivity contribution in [2.75, 3.05) is 6.61 Å². The van der Waals surface area contributed by atoms with Crippen LogP contribution in [0.3, 0.4) is 0 Å². The first-order valence-corrected chi connectivity index (χ1v) is 4.77. The summed E-state index contributed by atoms with van der Waals surface area (Å²) in [5.41, 5.74) is 0. The molecule has 1 aliphatic rings. The lowest BCUT2D eigenvalue weighted by atomic mass is 9.79. The summed E-state index contributed by atoms with van der Waals surface area (Å²) in [7, 11) is 0. The Hall–Kier alpha value is -1.19. The van der Waals surface area contributed by atoms with E-state index in [1.54, 1.807) is 13.8 Å². The number of carbonyl (C=O) groups excluding carboxylic acids is 3. The van der Waals surface area contributed by atoms with Gasteiger partial charge in [-0.25, -0.2) is 0 Å². The summed E-state index contributed by atoms with van der Waals surface area (Å²) in [6.45, 7) is 3.70. The minimum absolute atomic E-state index is 0.0805. The fraction of sp³-hybridized carbons (Fsp3) is 0.700. The van der Waals surface area contributed by atoms with Gasteiger partial charge in [0.05, 0.1) is 13.0 Å². The van der Waals surface area contributed by atoms with Crippen LogP contribution in [0.25, 0.3) is 0 Å². The monoisotopic (exact) mass is 198 g/mol. The van der Waals surface area contributed by atoms with Crippen molar-refractivity contribution in [3.05, 3.63) is 0 Å². The van der Waals surface area contributed by atoms with Crippen LogP contribution in [-0.4, -0.2) is 24.1 Å². The molecule has 0 aliphatic heterocycles. The zero-order valence-electron chi connectivity index (χ0n) is 8.41. The first-order chi connectivity index (χ1) is 6.56. The van der Waals surface area contributed by atoms with Crippen LogP contribution in [0.5, 0.6) is 0 Å². The van der Waals surface area contributed by atoms with Crippen molar-refractivity contribution in [3.8, 4) is 0 Å². The third-order valence-electron chi connectivity index (χ3n) is 2.38. The second-order valence-electron chi connectivity index (χ2n) is 3.59. The molecule has 0 amide bonds. The maximum absolute atomic E-state index is 11.4. The van der Waals surface area contributed by atoms with E-state index in [2.05, 4.69) is 0 Å². The van der Waals surface area contributed by atoms with Crippen LogP contribution < -0.4 is 0 Å². The molecular formula is C10H14O4. The Balaban J connectivity index is 2.71. The van der Waals surface area contributed by atoms with E-state index in [1.807, 2.05) is 0 Å². The van der Waals surface area contributed by atoms with Crippen molar-refractivity contribution in [3.63, 3.8) is 0 Å². The van der Waals surface area contributed by atoms with Gasteiger partial charge in [0.2, 0.25) is 0 Å². The minimum Gasteiger partial charge on any atom is -0.465 e. The Morgan fingerprint density at radius 3 is 2.64 bits per heavy atom. The van der Waals surface area contributed by atoms with Crippen LogP contribution in [-0.2, 0) is 19.1 Å². The molecule has 0 heterocycles. The van der Waals surface area contributed by atoms with Gasteiger partial charge in [0.1, 0.15) is 11.7 Å². The number of hydrogen-bond acceptors (Lipinski definition) is 4. The Morgan fingerprint density at radius 1 is 1.50 bits per heavy atom. The number of ether oxygens (including phenoxy) is 1. The topological polar surface area (TPSA) is 60.4 Å². The highest BCUT2D eigenvalue weighted by molar-refractivity contribution is 6.10. The van der Waals surface area contributed by atoms with Crippen molar-refractivity contribution in [1.29, 1.82) is 0 Å². The molecule has 0 N–H and O–H groups in total. The van der Waals surface area contributed by atoms with E-state index in [4.69, 9.17) is 4.74 Å². The van der Waals surface area contributed by atoms with E-state index >= 15 is 0 Å². The van der Waals surface area contributed by atoms with Crippen molar-refractivity contribution >= 4 is 17.5 Å². The fourth-order valence-electron chi connectivity index (χ4n) is 1.77. The Morgan fingerprint density at radius 2 is 2.14 bits per heavy atom. The number of esters is 1. The number of hydrogen-bond donors (Lipinski definition) is 0. The molecule has 0 aromatic rings. The zero-order valence-corrected chi connectivity index (χ0v) is 8.41. The molecule has 1 rings (SSSR count). The van der Waals surface area contributed by atoms with Gasteiger partial charge in [0.25, 0.3) is 0 Å². The van der Waals surface area contributed by atoms with Crippen molar-refractivity contribution in [1.82, 2.24) is 0 Å². The summed E-state index contributed by atoms with van der Waals surface area (Å²) in [5.74, 6) is -1.82. The number of carbonyl (C=O) groups is 3. The first-order valence-electron chi connectivity index (χ1n) is 4.77. The van der Waals surface area contributed by atoms with E-state index in [9.17, 15) is 14.4 Å². The largest absolute Gasteiger partial charge is 0.465 e. The van der Waals surface area contributed by atoms with Gasteiger partial charge in [-0.05, 0) is 12.8 Å². The molecule has 14 heavy (non-hydrogen) atoms. The quantitative estimate of drug-likeness (QED) is 0.485. The Bertz CT molecular complexity index is 269. The van der Waals surface area contributed by atoms with Gasteiger partial charge in [-0.2, -0.15) is 0 Å². The highest BCUT2D eigenvalue weighted by Crippen LogP contribution is 2.25. The third-order valence-corrected chi connectivity index (χ3v) is 2.38. The number of ketones is 2. The van der Waals surface area contributed by atoms with Gasteiger partial charge in [0.15, 0.2) is 5.78 Å². The molecule has 0 aromatic heterocycles. The maximum Gasteiger partial charge on any atom is 0.316 e. The highest BCUT2D eigenvalue weighted by Gasteiger charge is 2.39. The van der Waals surface area contributed by atoms with Gasteiger partial charge < -0.3 is 4.74 Å². The molecule has 0 aromatic carbocycles. The normalized spacial score (nSPS) is 27.6. The van der Waals surface area contributed by atoms with Crippen molar-refractivity contribution < 1.29 is 19.1 Å². The lowest BCUT2D eigenvalue weighted by molar-refractivity contribution is -0.155. The average Bonchev–Trinajstić information content (AvgIpc) is 2.01. The third kappa shape index (κ3) is 2.19. The van der Waals surface area contributed by atoms with Gasteiger partial charge >= 0.3 is 5.97 Å². The molecule has 4 heteroatoms. The minimum atomic E-state index is -0.729. The highest BCUT2D eigenvalue weighted by atomic mass is 16.5. The van der Waals surface area contributed by atoms with Crippen molar-refractivity contribution in [2.45, 2.75) is 26.7 Å². The van der Waals surface area contributed by atoms with Gasteiger partial charge in [-0.3, -0.25) is 14.4 Å². The molecule has 2 atom stereocenters. The molecule has 1 aliphatic carbocycles. The van der Waals surface area contributed by atoms with E-state index < -0.39 is 11.9 Å².